The number of carbonyl (C=O) groups excluding carboxylic acids is 3. The molecule has 0 bridgehead atoms. The van der Waals surface area contributed by atoms with Gasteiger partial charge in [-0.1, -0.05) is 57.9 Å². The van der Waals surface area contributed by atoms with Gasteiger partial charge in [0, 0.05) is 38.5 Å². The Labute approximate surface area is 282 Å². The van der Waals surface area contributed by atoms with Crippen LogP contribution in [0.2, 0.25) is 0 Å². The quantitative estimate of drug-likeness (QED) is 0.143. The van der Waals surface area contributed by atoms with Gasteiger partial charge in [0.25, 0.3) is 0 Å². The lowest BCUT2D eigenvalue weighted by Crippen LogP contribution is -2.57. The van der Waals surface area contributed by atoms with E-state index < -0.39 is 62.5 Å². The zero-order valence-electron chi connectivity index (χ0n) is 28.1. The highest BCUT2D eigenvalue weighted by atomic mass is 32.2. The molecule has 0 unspecified atom stereocenters. The van der Waals surface area contributed by atoms with E-state index >= 15 is 0 Å². The predicted molar refractivity (Wildman–Crippen MR) is 181 cm³/mol. The van der Waals surface area contributed by atoms with Crippen molar-refractivity contribution >= 4 is 27.6 Å². The van der Waals surface area contributed by atoms with Crippen LogP contribution in [0, 0.1) is 17.6 Å². The van der Waals surface area contributed by atoms with E-state index in [1.807, 2.05) is 45.0 Å². The zero-order chi connectivity index (χ0) is 35.3. The molecule has 3 amide bonds. The van der Waals surface area contributed by atoms with Crippen LogP contribution >= 0.6 is 0 Å². The summed E-state index contributed by atoms with van der Waals surface area (Å²) in [7, 11) is -3.87. The number of nitrogens with one attached hydrogen (secondary N) is 4. The van der Waals surface area contributed by atoms with Crippen molar-refractivity contribution in [3.63, 3.8) is 0 Å². The number of aryl methyl sites for hydroxylation is 1. The van der Waals surface area contributed by atoms with E-state index in [9.17, 15) is 36.7 Å². The van der Waals surface area contributed by atoms with E-state index in [0.29, 0.717) is 44.8 Å². The molecule has 0 radical (unpaired) electrons. The summed E-state index contributed by atoms with van der Waals surface area (Å²) in [6.07, 6.45) is 1.50. The third-order valence-corrected chi connectivity index (χ3v) is 10.9. The van der Waals surface area contributed by atoms with Gasteiger partial charge in [0.2, 0.25) is 17.7 Å². The summed E-state index contributed by atoms with van der Waals surface area (Å²) in [4.78, 5) is 38.6. The fourth-order valence-corrected chi connectivity index (χ4v) is 8.20. The molecule has 1 aliphatic rings. The Morgan fingerprint density at radius 2 is 1.65 bits per heavy atom. The smallest absolute Gasteiger partial charge is 0.243 e. The Morgan fingerprint density at radius 1 is 0.979 bits per heavy atom. The lowest BCUT2D eigenvalue weighted by molar-refractivity contribution is -0.129. The van der Waals surface area contributed by atoms with Gasteiger partial charge in [-0.3, -0.25) is 14.4 Å². The van der Waals surface area contributed by atoms with Gasteiger partial charge < -0.3 is 26.4 Å². The number of aliphatic hydroxyl groups excluding tert-OH is 1. The molecule has 1 saturated heterocycles. The Kier molecular flexibility index (Phi) is 15.4. The molecule has 48 heavy (non-hydrogen) atoms. The minimum absolute atomic E-state index is 0.00773. The van der Waals surface area contributed by atoms with Crippen LogP contribution in [0.3, 0.4) is 0 Å². The summed E-state index contributed by atoms with van der Waals surface area (Å²) in [6.45, 7) is 6.48. The third kappa shape index (κ3) is 12.6. The third-order valence-electron chi connectivity index (χ3n) is 8.57. The lowest BCUT2D eigenvalue weighted by Gasteiger charge is -2.28. The van der Waals surface area contributed by atoms with E-state index in [0.717, 1.165) is 29.7 Å². The van der Waals surface area contributed by atoms with Crippen molar-refractivity contribution in [2.24, 2.45) is 5.92 Å². The normalized spacial score (nSPS) is 16.7. The van der Waals surface area contributed by atoms with Gasteiger partial charge >= 0.3 is 0 Å². The maximum absolute atomic E-state index is 14.1. The molecule has 0 saturated carbocycles. The first-order valence-corrected chi connectivity index (χ1v) is 18.5. The highest BCUT2D eigenvalue weighted by molar-refractivity contribution is 7.92. The van der Waals surface area contributed by atoms with E-state index in [2.05, 4.69) is 21.3 Å². The van der Waals surface area contributed by atoms with E-state index in [4.69, 9.17) is 0 Å². The number of carbonyl (C=O) groups is 3. The molecule has 1 fully saturated rings. The van der Waals surface area contributed by atoms with Crippen LogP contribution in [0.4, 0.5) is 8.78 Å². The number of benzene rings is 2. The van der Waals surface area contributed by atoms with Crippen LogP contribution in [0.25, 0.3) is 0 Å². The summed E-state index contributed by atoms with van der Waals surface area (Å²) in [5, 5.41) is 21.6. The fraction of sp³-hybridized carbons (Fsp3) is 0.571. The molecule has 266 valence electrons. The van der Waals surface area contributed by atoms with Crippen LogP contribution in [-0.4, -0.2) is 73.5 Å². The van der Waals surface area contributed by atoms with Crippen LogP contribution in [-0.2, 0) is 43.6 Å². The summed E-state index contributed by atoms with van der Waals surface area (Å²) >= 11 is 0. The molecule has 0 aliphatic carbocycles. The molecule has 13 heteroatoms. The molecule has 1 aliphatic heterocycles. The number of halogens is 2. The van der Waals surface area contributed by atoms with Crippen molar-refractivity contribution in [3.05, 3.63) is 70.8 Å². The Bertz CT molecular complexity index is 1460. The van der Waals surface area contributed by atoms with Crippen molar-refractivity contribution in [3.8, 4) is 0 Å². The molecule has 2 aromatic carbocycles. The Morgan fingerprint density at radius 3 is 2.25 bits per heavy atom. The lowest BCUT2D eigenvalue weighted by atomic mass is 10.00. The van der Waals surface area contributed by atoms with Crippen LogP contribution in [0.15, 0.2) is 42.5 Å². The van der Waals surface area contributed by atoms with Crippen molar-refractivity contribution in [1.29, 1.82) is 0 Å². The first-order chi connectivity index (χ1) is 22.8. The van der Waals surface area contributed by atoms with Crippen molar-refractivity contribution in [1.82, 2.24) is 21.3 Å². The van der Waals surface area contributed by atoms with Crippen molar-refractivity contribution in [2.45, 2.75) is 102 Å². The number of amides is 3. The van der Waals surface area contributed by atoms with Gasteiger partial charge in [0.15, 0.2) is 9.84 Å². The van der Waals surface area contributed by atoms with Crippen molar-refractivity contribution < 1.29 is 36.7 Å². The molecule has 0 aromatic heterocycles. The van der Waals surface area contributed by atoms with Gasteiger partial charge in [-0.2, -0.15) is 0 Å². The SMILES string of the molecule is CCCC(CCC)S(=O)(=O)C[C@H](NC(=O)C[C@@H]1CNC(=O)C1)C(=O)N[C@@H](Cc1cc(F)cc(F)c1)[C@H](O)CNCc1cccc(CC)c1. The summed E-state index contributed by atoms with van der Waals surface area (Å²) in [6, 6.07) is 8.20. The van der Waals surface area contributed by atoms with Gasteiger partial charge in [-0.05, 0) is 60.4 Å². The number of hydrogen-bond donors (Lipinski definition) is 5. The highest BCUT2D eigenvalue weighted by Crippen LogP contribution is 2.19. The number of rotatable bonds is 20. The molecule has 10 nitrogen and oxygen atoms in total. The van der Waals surface area contributed by atoms with Gasteiger partial charge in [-0.25, -0.2) is 17.2 Å². The second-order valence-corrected chi connectivity index (χ2v) is 15.0. The van der Waals surface area contributed by atoms with Crippen LogP contribution in [0.5, 0.6) is 0 Å². The second kappa shape index (κ2) is 18.9. The topological polar surface area (TPSA) is 154 Å². The largest absolute Gasteiger partial charge is 0.390 e. The summed E-state index contributed by atoms with van der Waals surface area (Å²) in [5.41, 5.74) is 2.30. The minimum atomic E-state index is -3.87. The van der Waals surface area contributed by atoms with Crippen LogP contribution in [0.1, 0.15) is 76.0 Å². The molecule has 1 heterocycles. The highest BCUT2D eigenvalue weighted by Gasteiger charge is 2.35. The van der Waals surface area contributed by atoms with Gasteiger partial charge in [-0.15, -0.1) is 0 Å². The van der Waals surface area contributed by atoms with Gasteiger partial charge in [0.1, 0.15) is 17.7 Å². The molecule has 0 spiro atoms. The first kappa shape index (κ1) is 39.0. The standard InChI is InChI=1S/C35H50F2N4O6S/c1-4-8-29(9-5-2)48(46,47)22-31(40-34(44)17-26-16-33(43)39-20-26)35(45)41-30(15-25-13-27(36)18-28(37)14-25)32(42)21-38-19-24-11-7-10-23(6-3)12-24/h7,10-14,18,26,29-32,38,42H,4-6,8-9,15-17,19-22H2,1-3H3,(H,39,43)(H,40,44)(H,41,45)/t26-,30+,31+,32-/m1/s1. The monoisotopic (exact) mass is 692 g/mol. The maximum Gasteiger partial charge on any atom is 0.243 e. The molecule has 5 N–H and O–H groups in total. The van der Waals surface area contributed by atoms with E-state index in [1.54, 1.807) is 0 Å². The molecular formula is C35H50F2N4O6S. The number of sulfone groups is 1. The fourth-order valence-electron chi connectivity index (χ4n) is 6.04. The maximum atomic E-state index is 14.1. The first-order valence-electron chi connectivity index (χ1n) is 16.8. The Hall–Kier alpha value is -3.42. The molecule has 3 rings (SSSR count). The number of hydrogen-bond acceptors (Lipinski definition) is 7. The minimum Gasteiger partial charge on any atom is -0.390 e. The van der Waals surface area contributed by atoms with E-state index in [-0.39, 0.29) is 43.2 Å². The molecule has 2 aromatic rings. The summed E-state index contributed by atoms with van der Waals surface area (Å²) < 4.78 is 55.4. The average molecular weight is 693 g/mol. The Balaban J connectivity index is 1.84. The molecule has 4 atom stereocenters. The second-order valence-electron chi connectivity index (χ2n) is 12.7. The zero-order valence-corrected chi connectivity index (χ0v) is 28.9. The van der Waals surface area contributed by atoms with Gasteiger partial charge in [0.05, 0.1) is 23.1 Å². The predicted octanol–water partition coefficient (Wildman–Crippen LogP) is 3.10. The van der Waals surface area contributed by atoms with Crippen LogP contribution < -0.4 is 21.3 Å². The van der Waals surface area contributed by atoms with E-state index in [1.165, 1.54) is 0 Å². The number of aliphatic hydroxyl groups is 1. The van der Waals surface area contributed by atoms with Crippen molar-refractivity contribution in [2.75, 3.05) is 18.8 Å². The summed E-state index contributed by atoms with van der Waals surface area (Å²) in [5.74, 6) is -4.25. The molecular weight excluding hydrogens is 642 g/mol. The average Bonchev–Trinajstić information content (AvgIpc) is 3.43.